The van der Waals surface area contributed by atoms with Crippen LogP contribution in [0.15, 0.2) is 37.4 Å². The summed E-state index contributed by atoms with van der Waals surface area (Å²) in [6.07, 6.45) is -3.03. The van der Waals surface area contributed by atoms with Gasteiger partial charge in [0.2, 0.25) is 5.89 Å². The fourth-order valence-electron chi connectivity index (χ4n) is 2.36. The number of benzene rings is 1. The lowest BCUT2D eigenvalue weighted by molar-refractivity contribution is 0.146. The number of hydrogen-bond donors (Lipinski definition) is 2. The summed E-state index contributed by atoms with van der Waals surface area (Å²) in [5.41, 5.74) is -0.202. The summed E-state index contributed by atoms with van der Waals surface area (Å²) in [5, 5.41) is 30.8. The van der Waals surface area contributed by atoms with Crippen LogP contribution in [0.2, 0.25) is 0 Å². The van der Waals surface area contributed by atoms with Crippen molar-refractivity contribution in [2.24, 2.45) is 5.16 Å². The molecule has 2 heterocycles. The Morgan fingerprint density at radius 2 is 2.14 bits per heavy atom. The monoisotopic (exact) mass is 428 g/mol. The summed E-state index contributed by atoms with van der Waals surface area (Å²) in [4.78, 5) is 0. The van der Waals surface area contributed by atoms with E-state index in [0.717, 1.165) is 12.1 Å². The first-order chi connectivity index (χ1) is 14.0. The zero-order valence-electron chi connectivity index (χ0n) is 15.0. The zero-order valence-corrected chi connectivity index (χ0v) is 15.8. The molecular formula is C16H15F3N6O3S. The average molecular weight is 428 g/mol. The lowest BCUT2D eigenvalue weighted by Crippen LogP contribution is -2.09. The van der Waals surface area contributed by atoms with Crippen molar-refractivity contribution < 1.29 is 27.4 Å². The van der Waals surface area contributed by atoms with Gasteiger partial charge in [-0.2, -0.15) is 0 Å². The normalized spacial score (nSPS) is 12.0. The molecule has 0 fully saturated rings. The number of alkyl halides is 2. The lowest BCUT2D eigenvalue weighted by Gasteiger charge is -2.07. The Balaban J connectivity index is 1.63. The van der Waals surface area contributed by atoms with Crippen molar-refractivity contribution >= 4 is 23.5 Å². The Labute approximate surface area is 166 Å². The van der Waals surface area contributed by atoms with Crippen molar-refractivity contribution in [2.45, 2.75) is 24.8 Å². The van der Waals surface area contributed by atoms with Crippen LogP contribution in [0.1, 0.15) is 29.1 Å². The summed E-state index contributed by atoms with van der Waals surface area (Å²) in [5.74, 6) is -0.0646. The number of oxime groups is 1. The molecule has 0 bridgehead atoms. The van der Waals surface area contributed by atoms with Crippen molar-refractivity contribution in [1.82, 2.24) is 20.5 Å². The van der Waals surface area contributed by atoms with Gasteiger partial charge in [0.25, 0.3) is 6.43 Å². The van der Waals surface area contributed by atoms with E-state index in [0.29, 0.717) is 28.8 Å². The third kappa shape index (κ3) is 5.25. The summed E-state index contributed by atoms with van der Waals surface area (Å²) in [6.45, 7) is 2.13. The Bertz CT molecular complexity index is 994. The zero-order chi connectivity index (χ0) is 20.8. The predicted octanol–water partition coefficient (Wildman–Crippen LogP) is 3.46. The molecule has 0 aliphatic carbocycles. The number of hydrogen-bond acceptors (Lipinski definition) is 10. The first-order valence-corrected chi connectivity index (χ1v) is 9.23. The molecule has 154 valence electrons. The molecule has 29 heavy (non-hydrogen) atoms. The number of rotatable bonds is 9. The minimum atomic E-state index is -2.96. The number of halogens is 3. The molecule has 0 aliphatic rings. The largest absolute Gasteiger partial charge is 0.411 e. The van der Waals surface area contributed by atoms with E-state index in [1.54, 1.807) is 6.92 Å². The molecule has 13 heteroatoms. The van der Waals surface area contributed by atoms with Crippen LogP contribution in [0.5, 0.6) is 0 Å². The fourth-order valence-corrected chi connectivity index (χ4v) is 3.13. The lowest BCUT2D eigenvalue weighted by atomic mass is 10.0. The molecule has 0 atom stereocenters. The Morgan fingerprint density at radius 1 is 1.31 bits per heavy atom. The number of nitrogens with zero attached hydrogens (tertiary/aromatic N) is 5. The maximum atomic E-state index is 13.5. The van der Waals surface area contributed by atoms with Gasteiger partial charge in [-0.3, -0.25) is 0 Å². The molecule has 0 unspecified atom stereocenters. The number of anilines is 1. The van der Waals surface area contributed by atoms with E-state index >= 15 is 0 Å². The van der Waals surface area contributed by atoms with Crippen molar-refractivity contribution in [3.63, 3.8) is 0 Å². The van der Waals surface area contributed by atoms with Crippen LogP contribution < -0.4 is 5.32 Å². The molecule has 2 aromatic heterocycles. The predicted molar refractivity (Wildman–Crippen MR) is 95.9 cm³/mol. The minimum absolute atomic E-state index is 0.0426. The highest BCUT2D eigenvalue weighted by molar-refractivity contribution is 7.99. The Morgan fingerprint density at radius 3 is 2.83 bits per heavy atom. The topological polar surface area (TPSA) is 122 Å². The highest BCUT2D eigenvalue weighted by atomic mass is 32.2. The van der Waals surface area contributed by atoms with Crippen molar-refractivity contribution in [2.75, 3.05) is 17.6 Å². The molecule has 3 rings (SSSR count). The molecule has 0 amide bonds. The number of thioether (sulfide) groups is 1. The Hall–Kier alpha value is -3.09. The molecule has 2 N–H and O–H groups in total. The van der Waals surface area contributed by atoms with Crippen LogP contribution in [-0.4, -0.2) is 43.7 Å². The Kier molecular flexibility index (Phi) is 6.69. The highest BCUT2D eigenvalue weighted by Gasteiger charge is 2.20. The third-order valence-electron chi connectivity index (χ3n) is 3.66. The molecule has 0 aliphatic heterocycles. The van der Waals surface area contributed by atoms with E-state index in [2.05, 4.69) is 31.0 Å². The van der Waals surface area contributed by atoms with E-state index in [9.17, 15) is 18.4 Å². The summed E-state index contributed by atoms with van der Waals surface area (Å²) >= 11 is 1.25. The van der Waals surface area contributed by atoms with Gasteiger partial charge in [0.05, 0.1) is 5.56 Å². The van der Waals surface area contributed by atoms with Gasteiger partial charge in [-0.05, 0) is 28.0 Å². The van der Waals surface area contributed by atoms with Crippen LogP contribution in [0.4, 0.5) is 19.2 Å². The molecule has 0 radical (unpaired) electrons. The second-order valence-electron chi connectivity index (χ2n) is 5.70. The van der Waals surface area contributed by atoms with Gasteiger partial charge in [0.15, 0.2) is 10.7 Å². The summed E-state index contributed by atoms with van der Waals surface area (Å²) in [6, 6.07) is 3.56. The molecule has 0 saturated carbocycles. The van der Waals surface area contributed by atoms with Crippen molar-refractivity contribution in [3.05, 3.63) is 46.7 Å². The van der Waals surface area contributed by atoms with Crippen molar-refractivity contribution in [1.29, 1.82) is 0 Å². The average Bonchev–Trinajstić information content (AvgIpc) is 3.33. The molecule has 1 aromatic carbocycles. The van der Waals surface area contributed by atoms with E-state index in [1.165, 1.54) is 17.8 Å². The standard InChI is InChI=1S/C16H15F3N6O3S/c1-8-21-22-16(27-8)20-4-5-29-15-13(24-28-25-15)12(23-26)7-9-2-3-11(17)10(6-9)14(18)19/h2-3,6,14,26H,4-5,7H2,1H3,(H,20,22). The van der Waals surface area contributed by atoms with Gasteiger partial charge in [0, 0.05) is 25.6 Å². The first kappa shape index (κ1) is 20.6. The molecule has 0 spiro atoms. The van der Waals surface area contributed by atoms with Gasteiger partial charge in [-0.25, -0.2) is 17.8 Å². The van der Waals surface area contributed by atoms with Gasteiger partial charge in [-0.1, -0.05) is 28.1 Å². The number of nitrogens with one attached hydrogen (secondary N) is 1. The third-order valence-corrected chi connectivity index (χ3v) is 4.61. The molecule has 3 aromatic rings. The van der Waals surface area contributed by atoms with Gasteiger partial charge in [0.1, 0.15) is 11.5 Å². The van der Waals surface area contributed by atoms with Crippen molar-refractivity contribution in [3.8, 4) is 0 Å². The minimum Gasteiger partial charge on any atom is -0.411 e. The van der Waals surface area contributed by atoms with Crippen LogP contribution in [0.3, 0.4) is 0 Å². The van der Waals surface area contributed by atoms with Gasteiger partial charge >= 0.3 is 6.01 Å². The van der Waals surface area contributed by atoms with E-state index in [1.807, 2.05) is 0 Å². The van der Waals surface area contributed by atoms with E-state index in [4.69, 9.17) is 9.05 Å². The van der Waals surface area contributed by atoms with Crippen LogP contribution in [0, 0.1) is 12.7 Å². The number of aryl methyl sites for hydroxylation is 1. The first-order valence-electron chi connectivity index (χ1n) is 8.25. The highest BCUT2D eigenvalue weighted by Crippen LogP contribution is 2.25. The van der Waals surface area contributed by atoms with Crippen LogP contribution in [0.25, 0.3) is 0 Å². The fraction of sp³-hybridized carbons (Fsp3) is 0.312. The second kappa shape index (κ2) is 9.41. The summed E-state index contributed by atoms with van der Waals surface area (Å²) in [7, 11) is 0. The maximum Gasteiger partial charge on any atom is 0.315 e. The SMILES string of the molecule is Cc1nnc(NCCSc2nonc2C(Cc2ccc(F)c(C(F)F)c2)=NO)o1. The van der Waals surface area contributed by atoms with Gasteiger partial charge < -0.3 is 14.9 Å². The summed E-state index contributed by atoms with van der Waals surface area (Å²) < 4.78 is 49.1. The second-order valence-corrected chi connectivity index (χ2v) is 6.78. The van der Waals surface area contributed by atoms with Crippen LogP contribution >= 0.6 is 11.8 Å². The molecular weight excluding hydrogens is 413 g/mol. The maximum absolute atomic E-state index is 13.5. The molecule has 0 saturated heterocycles. The van der Waals surface area contributed by atoms with E-state index in [-0.39, 0.29) is 23.8 Å². The quantitative estimate of drug-likeness (QED) is 0.173. The number of aromatic nitrogens is 4. The smallest absolute Gasteiger partial charge is 0.315 e. The van der Waals surface area contributed by atoms with Crippen LogP contribution in [-0.2, 0) is 6.42 Å². The molecule has 9 nitrogen and oxygen atoms in total. The van der Waals surface area contributed by atoms with Gasteiger partial charge in [-0.15, -0.1) is 5.10 Å². The van der Waals surface area contributed by atoms with E-state index < -0.39 is 17.8 Å².